The maximum Gasteiger partial charge on any atom is 0.127 e. The molecule has 2 aliphatic carbocycles. The number of benzene rings is 2. The molecule has 2 saturated carbocycles. The minimum absolute atomic E-state index is 0.0810. The lowest BCUT2D eigenvalue weighted by Gasteiger charge is -2.23. The molecule has 3 N–H and O–H groups in total. The number of halogens is 1. The van der Waals surface area contributed by atoms with Gasteiger partial charge in [0.25, 0.3) is 0 Å². The van der Waals surface area contributed by atoms with Crippen molar-refractivity contribution in [3.8, 4) is 16.9 Å². The van der Waals surface area contributed by atoms with Crippen LogP contribution in [0.1, 0.15) is 74.5 Å². The molecule has 0 aliphatic heterocycles. The molecule has 0 saturated heterocycles. The van der Waals surface area contributed by atoms with Gasteiger partial charge in [-0.3, -0.25) is 4.98 Å². The highest BCUT2D eigenvalue weighted by molar-refractivity contribution is 6.31. The Bertz CT molecular complexity index is 1160. The van der Waals surface area contributed by atoms with E-state index in [-0.39, 0.29) is 5.54 Å². The number of ether oxygens (including phenoxy) is 1. The summed E-state index contributed by atoms with van der Waals surface area (Å²) in [5.74, 6) is 1.47. The normalized spacial score (nSPS) is 17.2. The highest BCUT2D eigenvalue weighted by Crippen LogP contribution is 2.50. The van der Waals surface area contributed by atoms with Crippen LogP contribution in [0.2, 0.25) is 5.02 Å². The fourth-order valence-electron chi connectivity index (χ4n) is 4.90. The SMILES string of the molecule is C[C@@H](CCCCN)c1ccc(Cl)c(CNC2(c3cnccc3-c3ccccc3OC3CC3)CC2)c1. The Labute approximate surface area is 214 Å². The Morgan fingerprint density at radius 3 is 2.71 bits per heavy atom. The first-order chi connectivity index (χ1) is 17.1. The number of rotatable bonds is 12. The summed E-state index contributed by atoms with van der Waals surface area (Å²) in [5, 5.41) is 4.68. The molecule has 5 rings (SSSR count). The Hall–Kier alpha value is -2.40. The summed E-state index contributed by atoms with van der Waals surface area (Å²) in [6.45, 7) is 3.79. The van der Waals surface area contributed by atoms with Gasteiger partial charge in [-0.15, -0.1) is 0 Å². The second-order valence-electron chi connectivity index (χ2n) is 10.2. The van der Waals surface area contributed by atoms with Crippen molar-refractivity contribution in [2.45, 2.75) is 76.0 Å². The van der Waals surface area contributed by atoms with Crippen molar-refractivity contribution < 1.29 is 4.74 Å². The topological polar surface area (TPSA) is 60.2 Å². The first kappa shape index (κ1) is 24.3. The molecule has 1 atom stereocenters. The minimum Gasteiger partial charge on any atom is -0.490 e. The smallest absolute Gasteiger partial charge is 0.127 e. The van der Waals surface area contributed by atoms with Crippen LogP contribution in [0.25, 0.3) is 11.1 Å². The molecule has 0 unspecified atom stereocenters. The fourth-order valence-corrected chi connectivity index (χ4v) is 5.08. The molecule has 5 heteroatoms. The molecule has 2 fully saturated rings. The second-order valence-corrected chi connectivity index (χ2v) is 10.6. The van der Waals surface area contributed by atoms with Gasteiger partial charge in [0.05, 0.1) is 6.10 Å². The van der Waals surface area contributed by atoms with Gasteiger partial charge < -0.3 is 15.8 Å². The van der Waals surface area contributed by atoms with Gasteiger partial charge in [-0.1, -0.05) is 55.3 Å². The van der Waals surface area contributed by atoms with Crippen LogP contribution in [0, 0.1) is 0 Å². The number of hydrogen-bond acceptors (Lipinski definition) is 4. The molecule has 0 spiro atoms. The lowest BCUT2D eigenvalue weighted by Crippen LogP contribution is -2.29. The fraction of sp³-hybridized carbons (Fsp3) is 0.433. The van der Waals surface area contributed by atoms with Crippen LogP contribution < -0.4 is 15.8 Å². The zero-order valence-corrected chi connectivity index (χ0v) is 21.4. The number of hydrogen-bond donors (Lipinski definition) is 2. The van der Waals surface area contributed by atoms with Crippen LogP contribution in [0.5, 0.6) is 5.75 Å². The zero-order valence-electron chi connectivity index (χ0n) is 20.6. The number of para-hydroxylation sites is 1. The van der Waals surface area contributed by atoms with E-state index in [0.717, 1.165) is 79.9 Å². The summed E-state index contributed by atoms with van der Waals surface area (Å²) in [5.41, 5.74) is 11.7. The summed E-state index contributed by atoms with van der Waals surface area (Å²) in [6, 6.07) is 17.0. The summed E-state index contributed by atoms with van der Waals surface area (Å²) in [6.07, 6.45) is 12.1. The molecular formula is C30H36ClN3O. The van der Waals surface area contributed by atoms with Gasteiger partial charge in [-0.25, -0.2) is 0 Å². The van der Waals surface area contributed by atoms with E-state index >= 15 is 0 Å². The molecule has 1 heterocycles. The Morgan fingerprint density at radius 1 is 1.11 bits per heavy atom. The van der Waals surface area contributed by atoms with Crippen molar-refractivity contribution in [2.24, 2.45) is 5.73 Å². The largest absolute Gasteiger partial charge is 0.490 e. The van der Waals surface area contributed by atoms with E-state index in [9.17, 15) is 0 Å². The molecule has 0 radical (unpaired) electrons. The van der Waals surface area contributed by atoms with Crippen molar-refractivity contribution in [1.29, 1.82) is 0 Å². The number of aromatic nitrogens is 1. The van der Waals surface area contributed by atoms with Crippen LogP contribution in [0.15, 0.2) is 60.9 Å². The molecule has 0 bridgehead atoms. The maximum atomic E-state index is 6.64. The van der Waals surface area contributed by atoms with Gasteiger partial charge >= 0.3 is 0 Å². The summed E-state index contributed by atoms with van der Waals surface area (Å²) < 4.78 is 6.25. The van der Waals surface area contributed by atoms with E-state index in [1.807, 2.05) is 18.5 Å². The maximum absolute atomic E-state index is 6.64. The first-order valence-electron chi connectivity index (χ1n) is 13.0. The van der Waals surface area contributed by atoms with Gasteiger partial charge in [0, 0.05) is 35.1 Å². The van der Waals surface area contributed by atoms with Crippen LogP contribution in [0.3, 0.4) is 0 Å². The van der Waals surface area contributed by atoms with Gasteiger partial charge in [-0.05, 0) is 91.4 Å². The third-order valence-electron chi connectivity index (χ3n) is 7.43. The van der Waals surface area contributed by atoms with Crippen molar-refractivity contribution in [3.63, 3.8) is 0 Å². The molecule has 2 aromatic carbocycles. The standard InChI is InChI=1S/C30H36ClN3O/c1-21(6-4-5-16-32)22-9-12-28(31)23(18-22)19-34-30(14-15-30)27-20-33-17-13-25(27)26-7-2-3-8-29(26)35-24-10-11-24/h2-3,7-9,12-13,17-18,20-21,24,34H,4-6,10-11,14-16,19,32H2,1H3/t21-/m0/s1. The predicted octanol–water partition coefficient (Wildman–Crippen LogP) is 6.95. The quantitative estimate of drug-likeness (QED) is 0.270. The van der Waals surface area contributed by atoms with E-state index in [2.05, 4.69) is 59.7 Å². The first-order valence-corrected chi connectivity index (χ1v) is 13.4. The van der Waals surface area contributed by atoms with Crippen LogP contribution in [0.4, 0.5) is 0 Å². The van der Waals surface area contributed by atoms with E-state index in [1.54, 1.807) is 0 Å². The van der Waals surface area contributed by atoms with Gasteiger partial charge in [0.15, 0.2) is 0 Å². The van der Waals surface area contributed by atoms with Crippen molar-refractivity contribution in [1.82, 2.24) is 10.3 Å². The molecule has 184 valence electrons. The van der Waals surface area contributed by atoms with E-state index < -0.39 is 0 Å². The number of nitrogens with zero attached hydrogens (tertiary/aromatic N) is 1. The van der Waals surface area contributed by atoms with Gasteiger partial charge in [0.2, 0.25) is 0 Å². The summed E-state index contributed by atoms with van der Waals surface area (Å²) in [4.78, 5) is 4.51. The van der Waals surface area contributed by atoms with Crippen LogP contribution >= 0.6 is 11.6 Å². The monoisotopic (exact) mass is 489 g/mol. The molecule has 1 aromatic heterocycles. The van der Waals surface area contributed by atoms with Crippen molar-refractivity contribution in [2.75, 3.05) is 6.54 Å². The molecule has 0 amide bonds. The number of pyridine rings is 1. The Morgan fingerprint density at radius 2 is 1.94 bits per heavy atom. The second kappa shape index (κ2) is 10.7. The van der Waals surface area contributed by atoms with E-state index in [1.165, 1.54) is 16.7 Å². The zero-order chi connectivity index (χ0) is 24.3. The van der Waals surface area contributed by atoms with E-state index in [0.29, 0.717) is 12.0 Å². The van der Waals surface area contributed by atoms with E-state index in [4.69, 9.17) is 22.1 Å². The highest BCUT2D eigenvalue weighted by atomic mass is 35.5. The number of unbranched alkanes of at least 4 members (excludes halogenated alkanes) is 1. The molecular weight excluding hydrogens is 454 g/mol. The van der Waals surface area contributed by atoms with Crippen molar-refractivity contribution >= 4 is 11.6 Å². The van der Waals surface area contributed by atoms with Crippen LogP contribution in [-0.2, 0) is 12.1 Å². The molecule has 3 aromatic rings. The summed E-state index contributed by atoms with van der Waals surface area (Å²) in [7, 11) is 0. The Balaban J connectivity index is 1.35. The average Bonchev–Trinajstić information content (AvgIpc) is 3.81. The lowest BCUT2D eigenvalue weighted by molar-refractivity contribution is 0.304. The summed E-state index contributed by atoms with van der Waals surface area (Å²) >= 11 is 6.64. The molecule has 2 aliphatic rings. The van der Waals surface area contributed by atoms with Crippen LogP contribution in [-0.4, -0.2) is 17.6 Å². The highest BCUT2D eigenvalue weighted by Gasteiger charge is 2.45. The minimum atomic E-state index is -0.0810. The third-order valence-corrected chi connectivity index (χ3v) is 7.80. The Kier molecular flexibility index (Phi) is 7.43. The number of nitrogens with one attached hydrogen (secondary N) is 1. The average molecular weight is 490 g/mol. The predicted molar refractivity (Wildman–Crippen MR) is 144 cm³/mol. The number of nitrogens with two attached hydrogens (primary N) is 1. The van der Waals surface area contributed by atoms with Gasteiger partial charge in [0.1, 0.15) is 5.75 Å². The van der Waals surface area contributed by atoms with Crippen molar-refractivity contribution in [3.05, 3.63) is 82.6 Å². The van der Waals surface area contributed by atoms with Gasteiger partial charge in [-0.2, -0.15) is 0 Å². The third kappa shape index (κ3) is 5.72. The molecule has 35 heavy (non-hydrogen) atoms. The molecule has 4 nitrogen and oxygen atoms in total. The lowest BCUT2D eigenvalue weighted by atomic mass is 9.93.